The van der Waals surface area contributed by atoms with Gasteiger partial charge in [-0.2, -0.15) is 0 Å². The normalized spacial score (nSPS) is 23.2. The molecule has 1 saturated heterocycles. The van der Waals surface area contributed by atoms with Crippen LogP contribution in [0.5, 0.6) is 0 Å². The molecule has 6 heteroatoms. The van der Waals surface area contributed by atoms with Crippen LogP contribution in [-0.2, 0) is 6.42 Å². The summed E-state index contributed by atoms with van der Waals surface area (Å²) in [6.07, 6.45) is 10.6. The van der Waals surface area contributed by atoms with E-state index in [9.17, 15) is 0 Å². The van der Waals surface area contributed by atoms with E-state index in [4.69, 9.17) is 0 Å². The second kappa shape index (κ2) is 9.70. The van der Waals surface area contributed by atoms with Gasteiger partial charge >= 0.3 is 0 Å². The van der Waals surface area contributed by atoms with Crippen molar-refractivity contribution in [3.63, 3.8) is 0 Å². The number of nitrogens with one attached hydrogen (secondary N) is 2. The van der Waals surface area contributed by atoms with Crippen LogP contribution in [-0.4, -0.2) is 54.6 Å². The Bertz CT molecular complexity index is 591. The zero-order valence-corrected chi connectivity index (χ0v) is 17.5. The van der Waals surface area contributed by atoms with Crippen LogP contribution in [0.4, 0.5) is 0 Å². The van der Waals surface area contributed by atoms with E-state index in [1.54, 1.807) is 0 Å². The summed E-state index contributed by atoms with van der Waals surface area (Å²) in [5, 5.41) is 8.32. The first-order valence-electron chi connectivity index (χ1n) is 10.3. The van der Waals surface area contributed by atoms with Crippen LogP contribution >= 0.6 is 11.3 Å². The van der Waals surface area contributed by atoms with E-state index < -0.39 is 0 Å². The third kappa shape index (κ3) is 5.43. The topological polar surface area (TPSA) is 52.6 Å². The molecule has 1 saturated carbocycles. The van der Waals surface area contributed by atoms with Gasteiger partial charge in [-0.3, -0.25) is 9.89 Å². The molecular weight excluding hydrogens is 342 g/mol. The van der Waals surface area contributed by atoms with E-state index >= 15 is 0 Å². The Balaban J connectivity index is 1.44. The molecule has 1 aliphatic carbocycles. The summed E-state index contributed by atoms with van der Waals surface area (Å²) in [5.41, 5.74) is 1.17. The molecule has 2 N–H and O–H groups in total. The second-order valence-electron chi connectivity index (χ2n) is 7.76. The van der Waals surface area contributed by atoms with Gasteiger partial charge in [0, 0.05) is 43.5 Å². The fourth-order valence-corrected chi connectivity index (χ4v) is 5.33. The SMILES string of the molecule is CN=C(NCCc1sc(C)nc1C)NC1CCCN(C2CCCCC2)C1. The van der Waals surface area contributed by atoms with Crippen molar-refractivity contribution in [2.24, 2.45) is 4.99 Å². The predicted molar refractivity (Wildman–Crippen MR) is 111 cm³/mol. The minimum Gasteiger partial charge on any atom is -0.356 e. The molecule has 0 spiro atoms. The molecule has 0 amide bonds. The average molecular weight is 378 g/mol. The van der Waals surface area contributed by atoms with Crippen molar-refractivity contribution in [1.29, 1.82) is 0 Å². The average Bonchev–Trinajstić information content (AvgIpc) is 2.99. The molecule has 0 radical (unpaired) electrons. The molecule has 1 aromatic heterocycles. The maximum Gasteiger partial charge on any atom is 0.191 e. The number of nitrogens with zero attached hydrogens (tertiary/aromatic N) is 3. The zero-order valence-electron chi connectivity index (χ0n) is 16.7. The lowest BCUT2D eigenvalue weighted by Crippen LogP contribution is -2.53. The molecule has 1 atom stereocenters. The van der Waals surface area contributed by atoms with Gasteiger partial charge in [-0.1, -0.05) is 19.3 Å². The summed E-state index contributed by atoms with van der Waals surface area (Å²) in [4.78, 5) is 13.1. The van der Waals surface area contributed by atoms with Crippen molar-refractivity contribution < 1.29 is 0 Å². The van der Waals surface area contributed by atoms with Crippen LogP contribution in [0, 0.1) is 13.8 Å². The summed E-state index contributed by atoms with van der Waals surface area (Å²) in [5.74, 6) is 0.944. The molecule has 26 heavy (non-hydrogen) atoms. The van der Waals surface area contributed by atoms with Gasteiger partial charge in [0.1, 0.15) is 0 Å². The summed E-state index contributed by atoms with van der Waals surface area (Å²) in [7, 11) is 1.87. The largest absolute Gasteiger partial charge is 0.356 e. The standard InChI is InChI=1S/C20H35N5S/c1-15-19(26-16(2)23-15)11-12-22-20(21-3)24-17-8-7-13-25(14-17)18-9-5-4-6-10-18/h17-18H,4-14H2,1-3H3,(H2,21,22,24). The second-order valence-corrected chi connectivity index (χ2v) is 9.05. The van der Waals surface area contributed by atoms with Crippen LogP contribution in [0.3, 0.4) is 0 Å². The van der Waals surface area contributed by atoms with Crippen molar-refractivity contribution >= 4 is 17.3 Å². The Morgan fingerprint density at radius 1 is 1.19 bits per heavy atom. The number of thiazole rings is 1. The number of aryl methyl sites for hydroxylation is 2. The highest BCUT2D eigenvalue weighted by Crippen LogP contribution is 2.25. The fourth-order valence-electron chi connectivity index (χ4n) is 4.39. The summed E-state index contributed by atoms with van der Waals surface area (Å²) < 4.78 is 0. The lowest BCUT2D eigenvalue weighted by molar-refractivity contribution is 0.115. The highest BCUT2D eigenvalue weighted by molar-refractivity contribution is 7.11. The first kappa shape index (κ1) is 19.6. The number of likely N-dealkylation sites (tertiary alicyclic amines) is 1. The van der Waals surface area contributed by atoms with Gasteiger partial charge in [-0.25, -0.2) is 4.98 Å². The quantitative estimate of drug-likeness (QED) is 0.611. The van der Waals surface area contributed by atoms with Gasteiger partial charge in [-0.05, 0) is 46.1 Å². The molecule has 146 valence electrons. The lowest BCUT2D eigenvalue weighted by Gasteiger charge is -2.40. The Kier molecular flexibility index (Phi) is 7.32. The summed E-state index contributed by atoms with van der Waals surface area (Å²) in [6, 6.07) is 1.34. The first-order valence-corrected chi connectivity index (χ1v) is 11.1. The van der Waals surface area contributed by atoms with Gasteiger partial charge in [0.25, 0.3) is 0 Å². The number of piperidine rings is 1. The van der Waals surface area contributed by atoms with Crippen molar-refractivity contribution in [2.45, 2.75) is 77.3 Å². The highest BCUT2D eigenvalue weighted by Gasteiger charge is 2.27. The number of rotatable bonds is 5. The van der Waals surface area contributed by atoms with Crippen molar-refractivity contribution in [3.05, 3.63) is 15.6 Å². The third-order valence-corrected chi connectivity index (χ3v) is 6.89. The van der Waals surface area contributed by atoms with Crippen LogP contribution in [0.25, 0.3) is 0 Å². The molecule has 0 bridgehead atoms. The van der Waals surface area contributed by atoms with E-state index in [2.05, 4.69) is 39.4 Å². The number of hydrogen-bond acceptors (Lipinski definition) is 4. The van der Waals surface area contributed by atoms with E-state index in [1.807, 2.05) is 18.4 Å². The summed E-state index contributed by atoms with van der Waals surface area (Å²) >= 11 is 1.81. The zero-order chi connectivity index (χ0) is 18.4. The molecule has 1 aromatic rings. The van der Waals surface area contributed by atoms with E-state index in [0.717, 1.165) is 30.0 Å². The van der Waals surface area contributed by atoms with Gasteiger partial charge < -0.3 is 10.6 Å². The Morgan fingerprint density at radius 2 is 2.00 bits per heavy atom. The molecule has 2 heterocycles. The fraction of sp³-hybridized carbons (Fsp3) is 0.800. The number of aliphatic imine (C=N–C) groups is 1. The highest BCUT2D eigenvalue weighted by atomic mass is 32.1. The van der Waals surface area contributed by atoms with Crippen LogP contribution in [0.15, 0.2) is 4.99 Å². The smallest absolute Gasteiger partial charge is 0.191 e. The van der Waals surface area contributed by atoms with Crippen LogP contribution in [0.1, 0.15) is 60.5 Å². The van der Waals surface area contributed by atoms with Gasteiger partial charge in [-0.15, -0.1) is 11.3 Å². The van der Waals surface area contributed by atoms with Crippen LogP contribution in [0.2, 0.25) is 0 Å². The van der Waals surface area contributed by atoms with Crippen molar-refractivity contribution in [2.75, 3.05) is 26.7 Å². The molecular formula is C20H35N5S. The van der Waals surface area contributed by atoms with E-state index in [1.165, 1.54) is 68.6 Å². The maximum atomic E-state index is 4.51. The Labute approximate surface area is 162 Å². The predicted octanol–water partition coefficient (Wildman–Crippen LogP) is 3.26. The van der Waals surface area contributed by atoms with Gasteiger partial charge in [0.2, 0.25) is 0 Å². The monoisotopic (exact) mass is 377 g/mol. The minimum absolute atomic E-state index is 0.518. The number of hydrogen-bond donors (Lipinski definition) is 2. The molecule has 1 unspecified atom stereocenters. The number of aromatic nitrogens is 1. The van der Waals surface area contributed by atoms with Crippen molar-refractivity contribution in [1.82, 2.24) is 20.5 Å². The molecule has 2 fully saturated rings. The van der Waals surface area contributed by atoms with Gasteiger partial charge in [0.05, 0.1) is 10.7 Å². The van der Waals surface area contributed by atoms with E-state index in [-0.39, 0.29) is 0 Å². The molecule has 1 aliphatic heterocycles. The maximum absolute atomic E-state index is 4.51. The van der Waals surface area contributed by atoms with Crippen LogP contribution < -0.4 is 10.6 Å². The van der Waals surface area contributed by atoms with Gasteiger partial charge in [0.15, 0.2) is 5.96 Å². The molecule has 3 rings (SSSR count). The third-order valence-electron chi connectivity index (χ3n) is 5.75. The molecule has 2 aliphatic rings. The Hall–Kier alpha value is -1.14. The van der Waals surface area contributed by atoms with E-state index in [0.29, 0.717) is 6.04 Å². The van der Waals surface area contributed by atoms with Crippen molar-refractivity contribution in [3.8, 4) is 0 Å². The summed E-state index contributed by atoms with van der Waals surface area (Å²) in [6.45, 7) is 7.53. The molecule has 5 nitrogen and oxygen atoms in total. The molecule has 0 aromatic carbocycles. The Morgan fingerprint density at radius 3 is 2.69 bits per heavy atom. The first-order chi connectivity index (χ1) is 12.7. The lowest BCUT2D eigenvalue weighted by atomic mass is 9.92. The number of guanidine groups is 1. The minimum atomic E-state index is 0.518.